The molecule has 104 valence electrons. The van der Waals surface area contributed by atoms with Gasteiger partial charge in [-0.25, -0.2) is 0 Å². The highest BCUT2D eigenvalue weighted by Crippen LogP contribution is 2.33. The van der Waals surface area contributed by atoms with E-state index in [0.717, 1.165) is 24.2 Å². The van der Waals surface area contributed by atoms with Gasteiger partial charge in [0.1, 0.15) is 11.4 Å². The molecule has 4 nitrogen and oxygen atoms in total. The van der Waals surface area contributed by atoms with Gasteiger partial charge in [0, 0.05) is 25.0 Å². The van der Waals surface area contributed by atoms with E-state index in [9.17, 15) is 9.90 Å². The maximum absolute atomic E-state index is 12.6. The summed E-state index contributed by atoms with van der Waals surface area (Å²) in [7, 11) is 1.76. The Morgan fingerprint density at radius 3 is 2.55 bits per heavy atom. The number of hydrogen-bond acceptors (Lipinski definition) is 2. The molecule has 1 aromatic carbocycles. The zero-order valence-electron chi connectivity index (χ0n) is 11.5. The number of carbonyl (C=O) groups excluding carboxylic acids is 1. The average Bonchev–Trinajstić information content (AvgIpc) is 2.85. The third kappa shape index (κ3) is 2.18. The van der Waals surface area contributed by atoms with Crippen LogP contribution in [0.4, 0.5) is 5.69 Å². The largest absolute Gasteiger partial charge is 0.508 e. The fourth-order valence-electron chi connectivity index (χ4n) is 2.52. The van der Waals surface area contributed by atoms with E-state index >= 15 is 0 Å². The number of hydrogen-bond donors (Lipinski definition) is 1. The molecular weight excluding hydrogens is 252 g/mol. The van der Waals surface area contributed by atoms with Crippen LogP contribution in [-0.2, 0) is 0 Å². The molecule has 20 heavy (non-hydrogen) atoms. The quantitative estimate of drug-likeness (QED) is 0.931. The van der Waals surface area contributed by atoms with E-state index in [1.54, 1.807) is 36.2 Å². The molecular formula is C16H18N2O2. The molecule has 0 aliphatic heterocycles. The fraction of sp³-hybridized carbons (Fsp3) is 0.312. The zero-order valence-corrected chi connectivity index (χ0v) is 11.5. The molecule has 0 atom stereocenters. The van der Waals surface area contributed by atoms with Crippen molar-refractivity contribution in [2.45, 2.75) is 25.3 Å². The molecule has 4 heteroatoms. The fourth-order valence-corrected chi connectivity index (χ4v) is 2.52. The van der Waals surface area contributed by atoms with Crippen molar-refractivity contribution < 1.29 is 9.90 Å². The van der Waals surface area contributed by atoms with Gasteiger partial charge >= 0.3 is 0 Å². The lowest BCUT2D eigenvalue weighted by Crippen LogP contribution is -2.30. The normalized spacial score (nSPS) is 14.8. The maximum Gasteiger partial charge on any atom is 0.274 e. The van der Waals surface area contributed by atoms with Crippen molar-refractivity contribution in [1.82, 2.24) is 4.57 Å². The molecule has 0 bridgehead atoms. The molecule has 1 aromatic heterocycles. The number of aromatic hydroxyl groups is 1. The van der Waals surface area contributed by atoms with Crippen LogP contribution in [0.2, 0.25) is 0 Å². The minimum absolute atomic E-state index is 0.0208. The number of benzene rings is 1. The van der Waals surface area contributed by atoms with Crippen molar-refractivity contribution in [3.63, 3.8) is 0 Å². The van der Waals surface area contributed by atoms with Gasteiger partial charge in [-0.2, -0.15) is 0 Å². The van der Waals surface area contributed by atoms with E-state index in [2.05, 4.69) is 4.57 Å². The molecule has 1 fully saturated rings. The van der Waals surface area contributed by atoms with Gasteiger partial charge in [0.25, 0.3) is 5.91 Å². The van der Waals surface area contributed by atoms with Gasteiger partial charge in [0.15, 0.2) is 0 Å². The number of rotatable bonds is 3. The molecule has 2 aromatic rings. The van der Waals surface area contributed by atoms with Crippen LogP contribution in [0.15, 0.2) is 42.6 Å². The predicted molar refractivity (Wildman–Crippen MR) is 78.2 cm³/mol. The van der Waals surface area contributed by atoms with E-state index in [4.69, 9.17) is 0 Å². The second-order valence-corrected chi connectivity index (χ2v) is 5.27. The Hall–Kier alpha value is -2.23. The van der Waals surface area contributed by atoms with Gasteiger partial charge in [0.2, 0.25) is 0 Å². The average molecular weight is 270 g/mol. The molecule has 1 N–H and O–H groups in total. The van der Waals surface area contributed by atoms with Crippen LogP contribution in [0.25, 0.3) is 0 Å². The minimum atomic E-state index is -0.0208. The number of carbonyl (C=O) groups is 1. The van der Waals surface area contributed by atoms with Crippen LogP contribution >= 0.6 is 0 Å². The Bertz CT molecular complexity index is 612. The third-order valence-electron chi connectivity index (χ3n) is 4.01. The number of anilines is 1. The lowest BCUT2D eigenvalue weighted by Gasteiger charge is -2.29. The van der Waals surface area contributed by atoms with Gasteiger partial charge in [0.05, 0.1) is 0 Å². The second-order valence-electron chi connectivity index (χ2n) is 5.27. The van der Waals surface area contributed by atoms with E-state index < -0.39 is 0 Å². The summed E-state index contributed by atoms with van der Waals surface area (Å²) in [6, 6.07) is 10.9. The molecule has 1 saturated carbocycles. The van der Waals surface area contributed by atoms with Crippen molar-refractivity contribution in [1.29, 1.82) is 0 Å². The highest BCUT2D eigenvalue weighted by Gasteiger charge is 2.24. The molecule has 1 amide bonds. The van der Waals surface area contributed by atoms with E-state index in [0.29, 0.717) is 6.04 Å². The van der Waals surface area contributed by atoms with Crippen molar-refractivity contribution in [3.8, 4) is 5.75 Å². The van der Waals surface area contributed by atoms with Crippen molar-refractivity contribution in [3.05, 3.63) is 48.3 Å². The summed E-state index contributed by atoms with van der Waals surface area (Å²) < 4.78 is 2.09. The van der Waals surface area contributed by atoms with Crippen LogP contribution in [0, 0.1) is 0 Å². The Labute approximate surface area is 118 Å². The number of nitrogens with zero attached hydrogens (tertiary/aromatic N) is 2. The molecule has 3 rings (SSSR count). The van der Waals surface area contributed by atoms with Gasteiger partial charge in [-0.15, -0.1) is 0 Å². The summed E-state index contributed by atoms with van der Waals surface area (Å²) in [4.78, 5) is 14.2. The summed E-state index contributed by atoms with van der Waals surface area (Å²) in [5, 5.41) is 9.31. The number of phenolic OH excluding ortho intramolecular Hbond substituents is 1. The Balaban J connectivity index is 1.84. The predicted octanol–water partition coefficient (Wildman–Crippen LogP) is 3.20. The van der Waals surface area contributed by atoms with Gasteiger partial charge in [-0.05, 0) is 55.7 Å². The highest BCUT2D eigenvalue weighted by atomic mass is 16.3. The molecule has 1 aliphatic rings. The Kier molecular flexibility index (Phi) is 3.22. The van der Waals surface area contributed by atoms with Crippen LogP contribution in [0.5, 0.6) is 5.75 Å². The minimum Gasteiger partial charge on any atom is -0.508 e. The van der Waals surface area contributed by atoms with Crippen molar-refractivity contribution >= 4 is 11.6 Å². The summed E-state index contributed by atoms with van der Waals surface area (Å²) >= 11 is 0. The standard InChI is InChI=1S/C16H18N2O2/c1-17(12-7-9-14(19)10-8-12)16(20)15-6-3-11-18(15)13-4-2-5-13/h3,6-11,13,19H,2,4-5H2,1H3. The van der Waals surface area contributed by atoms with Crippen LogP contribution in [0.3, 0.4) is 0 Å². The number of phenols is 1. The summed E-state index contributed by atoms with van der Waals surface area (Å²) in [6.45, 7) is 0. The molecule has 1 heterocycles. The van der Waals surface area contributed by atoms with Crippen LogP contribution in [-0.4, -0.2) is 22.6 Å². The number of aromatic nitrogens is 1. The van der Waals surface area contributed by atoms with Gasteiger partial charge in [-0.3, -0.25) is 4.79 Å². The molecule has 0 radical (unpaired) electrons. The van der Waals surface area contributed by atoms with Crippen LogP contribution < -0.4 is 4.90 Å². The van der Waals surface area contributed by atoms with Crippen molar-refractivity contribution in [2.24, 2.45) is 0 Å². The SMILES string of the molecule is CN(C(=O)c1cccn1C1CCC1)c1ccc(O)cc1. The number of amides is 1. The first-order chi connectivity index (χ1) is 9.66. The second kappa shape index (κ2) is 5.04. The molecule has 0 spiro atoms. The summed E-state index contributed by atoms with van der Waals surface area (Å²) in [6.07, 6.45) is 5.53. The van der Waals surface area contributed by atoms with Gasteiger partial charge in [-0.1, -0.05) is 0 Å². The first kappa shape index (κ1) is 12.8. The summed E-state index contributed by atoms with van der Waals surface area (Å²) in [5.74, 6) is 0.181. The first-order valence-corrected chi connectivity index (χ1v) is 6.91. The Morgan fingerprint density at radius 2 is 1.95 bits per heavy atom. The first-order valence-electron chi connectivity index (χ1n) is 6.91. The molecule has 0 unspecified atom stereocenters. The lowest BCUT2D eigenvalue weighted by atomic mass is 9.93. The smallest absolute Gasteiger partial charge is 0.274 e. The summed E-state index contributed by atoms with van der Waals surface area (Å²) in [5.41, 5.74) is 1.50. The van der Waals surface area contributed by atoms with E-state index in [1.165, 1.54) is 6.42 Å². The van der Waals surface area contributed by atoms with Crippen molar-refractivity contribution in [2.75, 3.05) is 11.9 Å². The topological polar surface area (TPSA) is 45.5 Å². The zero-order chi connectivity index (χ0) is 14.1. The molecule has 0 saturated heterocycles. The maximum atomic E-state index is 12.6. The van der Waals surface area contributed by atoms with E-state index in [1.807, 2.05) is 18.3 Å². The Morgan fingerprint density at radius 1 is 1.25 bits per heavy atom. The van der Waals surface area contributed by atoms with Crippen LogP contribution in [0.1, 0.15) is 35.8 Å². The lowest BCUT2D eigenvalue weighted by molar-refractivity contribution is 0.0978. The highest BCUT2D eigenvalue weighted by molar-refractivity contribution is 6.04. The molecule has 1 aliphatic carbocycles. The third-order valence-corrected chi connectivity index (χ3v) is 4.01. The van der Waals surface area contributed by atoms with Gasteiger partial charge < -0.3 is 14.6 Å². The van der Waals surface area contributed by atoms with E-state index in [-0.39, 0.29) is 11.7 Å². The monoisotopic (exact) mass is 270 g/mol.